The average Bonchev–Trinajstić information content (AvgIpc) is 3.24. The molecule has 0 radical (unpaired) electrons. The highest BCUT2D eigenvalue weighted by atomic mass is 32.1. The molecule has 0 saturated heterocycles. The molecule has 1 amide bonds. The molecule has 22 heavy (non-hydrogen) atoms. The molecule has 0 aromatic carbocycles. The van der Waals surface area contributed by atoms with Gasteiger partial charge in [-0.2, -0.15) is 10.1 Å². The highest BCUT2D eigenvalue weighted by molar-refractivity contribution is 7.13. The van der Waals surface area contributed by atoms with Crippen molar-refractivity contribution in [1.29, 1.82) is 0 Å². The average molecular weight is 317 g/mol. The number of nitrogens with zero attached hydrogens (tertiary/aromatic N) is 5. The molecule has 0 bridgehead atoms. The summed E-state index contributed by atoms with van der Waals surface area (Å²) in [5.74, 6) is 0.460. The molecule has 3 aromatic heterocycles. The van der Waals surface area contributed by atoms with Gasteiger partial charge in [0.25, 0.3) is 5.91 Å². The van der Waals surface area contributed by atoms with E-state index in [-0.39, 0.29) is 5.91 Å². The van der Waals surface area contributed by atoms with Gasteiger partial charge in [0.05, 0.1) is 10.6 Å². The van der Waals surface area contributed by atoms with E-state index in [2.05, 4.69) is 19.8 Å². The predicted molar refractivity (Wildman–Crippen MR) is 81.5 cm³/mol. The van der Waals surface area contributed by atoms with Gasteiger partial charge in [0.2, 0.25) is 6.39 Å². The zero-order chi connectivity index (χ0) is 15.5. The van der Waals surface area contributed by atoms with Crippen molar-refractivity contribution in [2.75, 3.05) is 13.6 Å². The van der Waals surface area contributed by atoms with Crippen LogP contribution < -0.4 is 0 Å². The number of carbonyl (C=O) groups excluding carboxylic acids is 1. The summed E-state index contributed by atoms with van der Waals surface area (Å²) in [6, 6.07) is 5.81. The first-order valence-corrected chi connectivity index (χ1v) is 7.62. The number of amides is 1. The van der Waals surface area contributed by atoms with Gasteiger partial charge in [0.15, 0.2) is 11.5 Å². The molecule has 3 rings (SSSR count). The second kappa shape index (κ2) is 6.10. The van der Waals surface area contributed by atoms with Gasteiger partial charge >= 0.3 is 0 Å². The Morgan fingerprint density at radius 2 is 2.36 bits per heavy atom. The molecule has 0 spiro atoms. The lowest BCUT2D eigenvalue weighted by Gasteiger charge is -2.14. The first-order chi connectivity index (χ1) is 10.6. The minimum Gasteiger partial charge on any atom is -0.343 e. The highest BCUT2D eigenvalue weighted by Gasteiger charge is 2.18. The van der Waals surface area contributed by atoms with Gasteiger partial charge in [-0.3, -0.25) is 9.48 Å². The Bertz CT molecular complexity index is 748. The fraction of sp³-hybridized carbons (Fsp3) is 0.286. The number of hydrogen-bond acceptors (Lipinski definition) is 6. The van der Waals surface area contributed by atoms with Crippen LogP contribution >= 0.6 is 11.3 Å². The van der Waals surface area contributed by atoms with Crippen LogP contribution in [-0.4, -0.2) is 44.3 Å². The molecular formula is C14H15N5O2S. The summed E-state index contributed by atoms with van der Waals surface area (Å²) < 4.78 is 6.40. The zero-order valence-electron chi connectivity index (χ0n) is 12.3. The maximum atomic E-state index is 12.4. The largest absolute Gasteiger partial charge is 0.343 e. The molecule has 114 valence electrons. The summed E-state index contributed by atoms with van der Waals surface area (Å²) >= 11 is 1.62. The fourth-order valence-corrected chi connectivity index (χ4v) is 2.87. The number of hydrogen-bond donors (Lipinski definition) is 0. The molecule has 0 atom stereocenters. The molecule has 0 fully saturated rings. The van der Waals surface area contributed by atoms with Crippen LogP contribution in [0.2, 0.25) is 0 Å². The van der Waals surface area contributed by atoms with Gasteiger partial charge in [0.1, 0.15) is 0 Å². The van der Waals surface area contributed by atoms with E-state index in [1.165, 1.54) is 6.39 Å². The first kappa shape index (κ1) is 14.5. The highest BCUT2D eigenvalue weighted by Crippen LogP contribution is 2.25. The van der Waals surface area contributed by atoms with E-state index in [0.717, 1.165) is 10.6 Å². The van der Waals surface area contributed by atoms with Crippen LogP contribution in [0, 0.1) is 0 Å². The number of thiophene rings is 1. The fourth-order valence-electron chi connectivity index (χ4n) is 2.09. The molecule has 0 unspecified atom stereocenters. The summed E-state index contributed by atoms with van der Waals surface area (Å²) in [5.41, 5.74) is 1.37. The number of rotatable bonds is 5. The minimum absolute atomic E-state index is 0.123. The van der Waals surface area contributed by atoms with E-state index in [1.54, 1.807) is 28.0 Å². The van der Waals surface area contributed by atoms with Crippen LogP contribution in [0.3, 0.4) is 0 Å². The number of aromatic nitrogens is 4. The van der Waals surface area contributed by atoms with Crippen LogP contribution in [0.5, 0.6) is 0 Å². The summed E-state index contributed by atoms with van der Waals surface area (Å²) in [6.45, 7) is 0.503. The van der Waals surface area contributed by atoms with E-state index in [0.29, 0.717) is 24.5 Å². The summed E-state index contributed by atoms with van der Waals surface area (Å²) in [5, 5.41) is 10.0. The Morgan fingerprint density at radius 3 is 3.05 bits per heavy atom. The predicted octanol–water partition coefficient (Wildman–Crippen LogP) is 1.85. The molecule has 3 aromatic rings. The third-order valence-corrected chi connectivity index (χ3v) is 4.19. The van der Waals surface area contributed by atoms with Gasteiger partial charge in [-0.1, -0.05) is 11.2 Å². The van der Waals surface area contributed by atoms with E-state index in [4.69, 9.17) is 0 Å². The molecule has 0 aliphatic carbocycles. The van der Waals surface area contributed by atoms with Crippen LogP contribution in [0.25, 0.3) is 10.6 Å². The Morgan fingerprint density at radius 1 is 1.50 bits per heavy atom. The maximum Gasteiger partial charge on any atom is 0.274 e. The minimum atomic E-state index is -0.123. The first-order valence-electron chi connectivity index (χ1n) is 6.74. The van der Waals surface area contributed by atoms with Crippen LogP contribution in [0.15, 0.2) is 34.5 Å². The maximum absolute atomic E-state index is 12.4. The summed E-state index contributed by atoms with van der Waals surface area (Å²) in [4.78, 5) is 19.1. The molecule has 0 N–H and O–H groups in total. The van der Waals surface area contributed by atoms with Gasteiger partial charge in [-0.25, -0.2) is 0 Å². The van der Waals surface area contributed by atoms with Crippen molar-refractivity contribution in [2.24, 2.45) is 7.05 Å². The standard InChI is InChI=1S/C14H15N5O2S/c1-18(6-5-13-15-9-21-17-13)14(20)10-8-11(19(2)16-10)12-4-3-7-22-12/h3-4,7-9H,5-6H2,1-2H3. The normalized spacial score (nSPS) is 10.8. The Kier molecular flexibility index (Phi) is 4.01. The molecule has 0 aliphatic heterocycles. The third-order valence-electron chi connectivity index (χ3n) is 3.30. The van der Waals surface area contributed by atoms with E-state index >= 15 is 0 Å². The Labute approximate surface area is 131 Å². The molecule has 8 heteroatoms. The van der Waals surface area contributed by atoms with Gasteiger partial charge < -0.3 is 9.42 Å². The second-order valence-electron chi connectivity index (χ2n) is 4.84. The number of likely N-dealkylation sites (N-methyl/N-ethyl adjacent to an activating group) is 1. The summed E-state index contributed by atoms with van der Waals surface area (Å²) in [7, 11) is 3.58. The molecule has 0 saturated carbocycles. The lowest BCUT2D eigenvalue weighted by Crippen LogP contribution is -2.29. The van der Waals surface area contributed by atoms with Crippen molar-refractivity contribution in [3.8, 4) is 10.6 Å². The quantitative estimate of drug-likeness (QED) is 0.717. The molecule has 3 heterocycles. The van der Waals surface area contributed by atoms with Gasteiger partial charge in [-0.05, 0) is 17.5 Å². The van der Waals surface area contributed by atoms with Crippen molar-refractivity contribution in [3.63, 3.8) is 0 Å². The smallest absolute Gasteiger partial charge is 0.274 e. The van der Waals surface area contributed by atoms with Crippen molar-refractivity contribution in [1.82, 2.24) is 24.8 Å². The Balaban J connectivity index is 1.70. The van der Waals surface area contributed by atoms with Crippen LogP contribution in [-0.2, 0) is 13.5 Å². The van der Waals surface area contributed by atoms with Crippen molar-refractivity contribution >= 4 is 17.2 Å². The van der Waals surface area contributed by atoms with E-state index < -0.39 is 0 Å². The second-order valence-corrected chi connectivity index (χ2v) is 5.79. The topological polar surface area (TPSA) is 77.0 Å². The summed E-state index contributed by atoms with van der Waals surface area (Å²) in [6.07, 6.45) is 1.83. The third kappa shape index (κ3) is 2.91. The molecule has 0 aliphatic rings. The van der Waals surface area contributed by atoms with E-state index in [9.17, 15) is 4.79 Å². The zero-order valence-corrected chi connectivity index (χ0v) is 13.1. The number of carbonyl (C=O) groups is 1. The number of aryl methyl sites for hydroxylation is 1. The van der Waals surface area contributed by atoms with Crippen LogP contribution in [0.4, 0.5) is 0 Å². The van der Waals surface area contributed by atoms with Crippen molar-refractivity contribution in [2.45, 2.75) is 6.42 Å². The van der Waals surface area contributed by atoms with Crippen molar-refractivity contribution < 1.29 is 9.32 Å². The van der Waals surface area contributed by atoms with E-state index in [1.807, 2.05) is 30.6 Å². The molecule has 7 nitrogen and oxygen atoms in total. The monoisotopic (exact) mass is 317 g/mol. The lowest BCUT2D eigenvalue weighted by atomic mass is 10.3. The van der Waals surface area contributed by atoms with Crippen LogP contribution in [0.1, 0.15) is 16.3 Å². The Hall–Kier alpha value is -2.48. The van der Waals surface area contributed by atoms with Gasteiger partial charge in [-0.15, -0.1) is 11.3 Å². The SMILES string of the molecule is CN(CCc1ncon1)C(=O)c1cc(-c2cccs2)n(C)n1. The molecular weight excluding hydrogens is 302 g/mol. The lowest BCUT2D eigenvalue weighted by molar-refractivity contribution is 0.0789. The van der Waals surface area contributed by atoms with Gasteiger partial charge in [0, 0.05) is 27.1 Å². The van der Waals surface area contributed by atoms with Crippen molar-refractivity contribution in [3.05, 3.63) is 41.5 Å².